The van der Waals surface area contributed by atoms with E-state index in [2.05, 4.69) is 9.71 Å². The van der Waals surface area contributed by atoms with E-state index in [1.165, 1.54) is 11.3 Å². The van der Waals surface area contributed by atoms with Crippen molar-refractivity contribution in [3.8, 4) is 0 Å². The number of sulfonamides is 1. The summed E-state index contributed by atoms with van der Waals surface area (Å²) in [5, 5.41) is 2.65. The molecule has 0 amide bonds. The summed E-state index contributed by atoms with van der Waals surface area (Å²) in [7, 11) is -3.59. The van der Waals surface area contributed by atoms with E-state index in [0.29, 0.717) is 6.54 Å². The van der Waals surface area contributed by atoms with E-state index in [0.717, 1.165) is 21.8 Å². The van der Waals surface area contributed by atoms with Gasteiger partial charge in [0.1, 0.15) is 5.01 Å². The van der Waals surface area contributed by atoms with Gasteiger partial charge in [0.05, 0.1) is 10.9 Å². The van der Waals surface area contributed by atoms with Crippen LogP contribution in [0.1, 0.15) is 34.8 Å². The van der Waals surface area contributed by atoms with Gasteiger partial charge in [-0.15, -0.1) is 11.3 Å². The van der Waals surface area contributed by atoms with Crippen molar-refractivity contribution in [1.29, 1.82) is 0 Å². The lowest BCUT2D eigenvalue weighted by molar-refractivity contribution is 0.566. The molecule has 1 aromatic heterocycles. The summed E-state index contributed by atoms with van der Waals surface area (Å²) in [5.74, 6) is 0. The zero-order valence-electron chi connectivity index (χ0n) is 12.3. The van der Waals surface area contributed by atoms with E-state index >= 15 is 0 Å². The molecule has 0 saturated heterocycles. The minimum absolute atomic E-state index is 0.230. The van der Waals surface area contributed by atoms with Gasteiger partial charge in [0.25, 0.3) is 0 Å². The number of aromatic nitrogens is 1. The van der Waals surface area contributed by atoms with Crippen LogP contribution in [-0.4, -0.2) is 13.4 Å². The summed E-state index contributed by atoms with van der Waals surface area (Å²) in [6.07, 6.45) is 0. The molecular formula is C14H19N3O2S2. The second-order valence-electron chi connectivity index (χ2n) is 4.96. The molecule has 114 valence electrons. The Balaban J connectivity index is 2.26. The number of rotatable bonds is 5. The monoisotopic (exact) mass is 325 g/mol. The van der Waals surface area contributed by atoms with Crippen molar-refractivity contribution in [2.75, 3.05) is 0 Å². The van der Waals surface area contributed by atoms with Crippen molar-refractivity contribution in [1.82, 2.24) is 9.71 Å². The summed E-state index contributed by atoms with van der Waals surface area (Å²) in [5.41, 5.74) is 8.34. The molecule has 0 aliphatic carbocycles. The van der Waals surface area contributed by atoms with Gasteiger partial charge in [-0.2, -0.15) is 0 Å². The second-order valence-corrected chi connectivity index (χ2v) is 7.57. The molecule has 5 nitrogen and oxygen atoms in total. The molecule has 0 aliphatic heterocycles. The normalized spacial score (nSPS) is 13.3. The highest BCUT2D eigenvalue weighted by Crippen LogP contribution is 2.21. The molecule has 3 N–H and O–H groups in total. The maximum absolute atomic E-state index is 12.4. The number of thiazole rings is 1. The molecule has 7 heteroatoms. The van der Waals surface area contributed by atoms with Crippen molar-refractivity contribution >= 4 is 21.4 Å². The molecule has 1 unspecified atom stereocenters. The third-order valence-electron chi connectivity index (χ3n) is 3.19. The molecule has 0 aliphatic rings. The molecular weight excluding hydrogens is 306 g/mol. The van der Waals surface area contributed by atoms with Crippen LogP contribution in [0.4, 0.5) is 0 Å². The van der Waals surface area contributed by atoms with Gasteiger partial charge in [-0.3, -0.25) is 0 Å². The lowest BCUT2D eigenvalue weighted by atomic mass is 10.1. The van der Waals surface area contributed by atoms with E-state index in [1.807, 2.05) is 19.2 Å². The highest BCUT2D eigenvalue weighted by atomic mass is 32.2. The summed E-state index contributed by atoms with van der Waals surface area (Å²) < 4.78 is 27.5. The standard InChI is InChI=1S/C14H19N3O2S2/c1-9-4-5-13(6-12(9)7-15)21(18,19)17-11(3)14-16-10(2)8-20-14/h4-6,8,11,17H,7,15H2,1-3H3. The fraction of sp³-hybridized carbons (Fsp3) is 0.357. The van der Waals surface area contributed by atoms with Crippen molar-refractivity contribution in [2.24, 2.45) is 5.73 Å². The summed E-state index contributed by atoms with van der Waals surface area (Å²) in [6, 6.07) is 4.62. The van der Waals surface area contributed by atoms with Crippen LogP contribution in [0, 0.1) is 13.8 Å². The van der Waals surface area contributed by atoms with Crippen LogP contribution in [0.5, 0.6) is 0 Å². The minimum Gasteiger partial charge on any atom is -0.326 e. The number of nitrogens with one attached hydrogen (secondary N) is 1. The van der Waals surface area contributed by atoms with E-state index in [-0.39, 0.29) is 10.9 Å². The summed E-state index contributed by atoms with van der Waals surface area (Å²) >= 11 is 1.45. The van der Waals surface area contributed by atoms with E-state index in [1.54, 1.807) is 25.1 Å². The Morgan fingerprint density at radius 2 is 2.10 bits per heavy atom. The third kappa shape index (κ3) is 3.68. The summed E-state index contributed by atoms with van der Waals surface area (Å²) in [4.78, 5) is 4.54. The van der Waals surface area contributed by atoms with Crippen LogP contribution in [0.2, 0.25) is 0 Å². The summed E-state index contributed by atoms with van der Waals surface area (Å²) in [6.45, 7) is 5.89. The minimum atomic E-state index is -3.59. The van der Waals surface area contributed by atoms with Crippen LogP contribution in [-0.2, 0) is 16.6 Å². The fourth-order valence-electron chi connectivity index (χ4n) is 1.96. The van der Waals surface area contributed by atoms with Crippen LogP contribution in [0.15, 0.2) is 28.5 Å². The number of aryl methyl sites for hydroxylation is 2. The molecule has 21 heavy (non-hydrogen) atoms. The molecule has 1 heterocycles. The van der Waals surface area contributed by atoms with Gasteiger partial charge in [-0.25, -0.2) is 18.1 Å². The molecule has 2 rings (SSSR count). The predicted molar refractivity (Wildman–Crippen MR) is 84.7 cm³/mol. The van der Waals surface area contributed by atoms with E-state index < -0.39 is 10.0 Å². The van der Waals surface area contributed by atoms with E-state index in [4.69, 9.17) is 5.73 Å². The Morgan fingerprint density at radius 1 is 1.38 bits per heavy atom. The Kier molecular flexibility index (Phi) is 4.77. The van der Waals surface area contributed by atoms with Crippen LogP contribution in [0.25, 0.3) is 0 Å². The molecule has 2 aromatic rings. The van der Waals surface area contributed by atoms with E-state index in [9.17, 15) is 8.42 Å². The van der Waals surface area contributed by atoms with Gasteiger partial charge in [-0.05, 0) is 44.0 Å². The number of hydrogen-bond acceptors (Lipinski definition) is 5. The number of nitrogens with two attached hydrogens (primary N) is 1. The molecule has 0 bridgehead atoms. The molecule has 0 saturated carbocycles. The Labute approximate surface area is 129 Å². The molecule has 1 aromatic carbocycles. The largest absolute Gasteiger partial charge is 0.326 e. The van der Waals surface area contributed by atoms with Gasteiger partial charge in [0.15, 0.2) is 0 Å². The number of benzene rings is 1. The average molecular weight is 325 g/mol. The maximum Gasteiger partial charge on any atom is 0.241 e. The first-order valence-electron chi connectivity index (χ1n) is 6.57. The van der Waals surface area contributed by atoms with Gasteiger partial charge in [0.2, 0.25) is 10.0 Å². The zero-order valence-corrected chi connectivity index (χ0v) is 13.9. The van der Waals surface area contributed by atoms with Crippen molar-refractivity contribution in [3.63, 3.8) is 0 Å². The van der Waals surface area contributed by atoms with Crippen LogP contribution >= 0.6 is 11.3 Å². The van der Waals surface area contributed by atoms with Gasteiger partial charge in [0, 0.05) is 17.6 Å². The van der Waals surface area contributed by atoms with Crippen molar-refractivity contribution in [2.45, 2.75) is 38.3 Å². The van der Waals surface area contributed by atoms with Gasteiger partial charge < -0.3 is 5.73 Å². The van der Waals surface area contributed by atoms with Crippen LogP contribution < -0.4 is 10.5 Å². The smallest absolute Gasteiger partial charge is 0.241 e. The molecule has 0 radical (unpaired) electrons. The van der Waals surface area contributed by atoms with Crippen LogP contribution in [0.3, 0.4) is 0 Å². The number of nitrogens with zero attached hydrogens (tertiary/aromatic N) is 1. The highest BCUT2D eigenvalue weighted by Gasteiger charge is 2.20. The highest BCUT2D eigenvalue weighted by molar-refractivity contribution is 7.89. The quantitative estimate of drug-likeness (QED) is 0.883. The zero-order chi connectivity index (χ0) is 15.6. The SMILES string of the molecule is Cc1csc(C(C)NS(=O)(=O)c2ccc(C)c(CN)c2)n1. The molecule has 0 fully saturated rings. The van der Waals surface area contributed by atoms with Crippen molar-refractivity contribution < 1.29 is 8.42 Å². The Bertz CT molecular complexity index is 738. The lowest BCUT2D eigenvalue weighted by Gasteiger charge is -2.13. The maximum atomic E-state index is 12.4. The van der Waals surface area contributed by atoms with Crippen molar-refractivity contribution in [3.05, 3.63) is 45.4 Å². The van der Waals surface area contributed by atoms with Gasteiger partial charge in [-0.1, -0.05) is 6.07 Å². The number of hydrogen-bond donors (Lipinski definition) is 2. The fourth-order valence-corrected chi connectivity index (χ4v) is 4.09. The first kappa shape index (κ1) is 16.1. The first-order valence-corrected chi connectivity index (χ1v) is 8.93. The lowest BCUT2D eigenvalue weighted by Crippen LogP contribution is -2.27. The third-order valence-corrected chi connectivity index (χ3v) is 5.87. The molecule has 1 atom stereocenters. The topological polar surface area (TPSA) is 85.1 Å². The Hall–Kier alpha value is -1.28. The first-order chi connectivity index (χ1) is 9.83. The average Bonchev–Trinajstić information content (AvgIpc) is 2.85. The molecule has 0 spiro atoms. The second kappa shape index (κ2) is 6.23. The predicted octanol–water partition coefficient (Wildman–Crippen LogP) is 2.26. The van der Waals surface area contributed by atoms with Gasteiger partial charge >= 0.3 is 0 Å². The Morgan fingerprint density at radius 3 is 2.67 bits per heavy atom.